The predicted molar refractivity (Wildman–Crippen MR) is 77.7 cm³/mol. The predicted octanol–water partition coefficient (Wildman–Crippen LogP) is 4.67. The van der Waals surface area contributed by atoms with Crippen molar-refractivity contribution in [2.24, 2.45) is 0 Å². The first-order valence-electron chi connectivity index (χ1n) is 5.65. The highest BCUT2D eigenvalue weighted by Crippen LogP contribution is 2.39. The molecule has 0 aliphatic heterocycles. The van der Waals surface area contributed by atoms with Gasteiger partial charge in [0.25, 0.3) is 0 Å². The molecule has 1 aromatic carbocycles. The maximum absolute atomic E-state index is 14.1. The number of rotatable bonds is 3. The quantitative estimate of drug-likeness (QED) is 0.726. The summed E-state index contributed by atoms with van der Waals surface area (Å²) in [7, 11) is 1.15. The molecule has 1 heterocycles. The molecular weight excluding hydrogens is 371 g/mol. The number of hydrogen-bond acceptors (Lipinski definition) is 3. The number of carbonyl (C=O) groups excluding carboxylic acids is 1. The summed E-state index contributed by atoms with van der Waals surface area (Å²) in [4.78, 5) is 11.8. The van der Waals surface area contributed by atoms with E-state index in [1.807, 2.05) is 0 Å². The maximum atomic E-state index is 14.1. The SMILES string of the molecule is COC(=O)c1cn(SF)c(Br)c1-c1c(F)ccc(F)c1C. The summed E-state index contributed by atoms with van der Waals surface area (Å²) in [5.41, 5.74) is -0.124. The Hall–Kier alpha value is -1.41. The molecule has 0 bridgehead atoms. The van der Waals surface area contributed by atoms with Crippen molar-refractivity contribution in [2.45, 2.75) is 6.92 Å². The average Bonchev–Trinajstić information content (AvgIpc) is 2.80. The second-order valence-corrected chi connectivity index (χ2v) is 5.41. The Labute approximate surface area is 131 Å². The van der Waals surface area contributed by atoms with E-state index >= 15 is 0 Å². The summed E-state index contributed by atoms with van der Waals surface area (Å²) >= 11 is 2.91. The normalized spacial score (nSPS) is 10.8. The van der Waals surface area contributed by atoms with Crippen molar-refractivity contribution < 1.29 is 22.2 Å². The van der Waals surface area contributed by atoms with E-state index in [4.69, 9.17) is 0 Å². The van der Waals surface area contributed by atoms with Crippen molar-refractivity contribution in [1.82, 2.24) is 3.97 Å². The van der Waals surface area contributed by atoms with E-state index in [1.54, 1.807) is 0 Å². The van der Waals surface area contributed by atoms with E-state index in [1.165, 1.54) is 6.92 Å². The highest BCUT2D eigenvalue weighted by atomic mass is 79.9. The van der Waals surface area contributed by atoms with Crippen molar-refractivity contribution in [3.8, 4) is 11.1 Å². The molecule has 0 radical (unpaired) electrons. The van der Waals surface area contributed by atoms with Gasteiger partial charge < -0.3 is 4.74 Å². The molecule has 0 spiro atoms. The Kier molecular flexibility index (Phi) is 4.67. The molecule has 21 heavy (non-hydrogen) atoms. The van der Waals surface area contributed by atoms with Gasteiger partial charge in [-0.2, -0.15) is 0 Å². The molecule has 112 valence electrons. The van der Waals surface area contributed by atoms with E-state index in [9.17, 15) is 17.5 Å². The molecule has 8 heteroatoms. The zero-order chi connectivity index (χ0) is 15.7. The van der Waals surface area contributed by atoms with Crippen molar-refractivity contribution in [3.05, 3.63) is 45.7 Å². The molecule has 0 fully saturated rings. The van der Waals surface area contributed by atoms with Crippen molar-refractivity contribution in [1.29, 1.82) is 0 Å². The first-order chi connectivity index (χ1) is 9.92. The first kappa shape index (κ1) is 16.0. The van der Waals surface area contributed by atoms with Crippen LogP contribution in [0.2, 0.25) is 0 Å². The van der Waals surface area contributed by atoms with Crippen LogP contribution in [-0.4, -0.2) is 17.1 Å². The van der Waals surface area contributed by atoms with E-state index in [2.05, 4.69) is 20.7 Å². The fraction of sp³-hybridized carbons (Fsp3) is 0.154. The van der Waals surface area contributed by atoms with Crippen molar-refractivity contribution >= 4 is 34.2 Å². The third kappa shape index (κ3) is 2.69. The van der Waals surface area contributed by atoms with E-state index < -0.39 is 17.6 Å². The van der Waals surface area contributed by atoms with Gasteiger partial charge in [-0.15, -0.1) is 3.89 Å². The summed E-state index contributed by atoms with van der Waals surface area (Å²) in [5.74, 6) is -2.13. The van der Waals surface area contributed by atoms with Gasteiger partial charge in [-0.3, -0.25) is 3.97 Å². The van der Waals surface area contributed by atoms with Crippen LogP contribution in [0, 0.1) is 18.6 Å². The smallest absolute Gasteiger partial charge is 0.340 e. The monoisotopic (exact) mass is 379 g/mol. The molecular formula is C13H9BrF3NO2S. The Balaban J connectivity index is 2.83. The number of benzene rings is 1. The molecule has 0 aliphatic carbocycles. The lowest BCUT2D eigenvalue weighted by molar-refractivity contribution is 0.0601. The zero-order valence-electron chi connectivity index (χ0n) is 10.9. The Bertz CT molecular complexity index is 718. The number of nitrogens with zero attached hydrogens (tertiary/aromatic N) is 1. The van der Waals surface area contributed by atoms with Crippen LogP contribution in [0.25, 0.3) is 11.1 Å². The zero-order valence-corrected chi connectivity index (χ0v) is 13.3. The fourth-order valence-electron chi connectivity index (χ4n) is 1.97. The van der Waals surface area contributed by atoms with Crippen molar-refractivity contribution in [2.75, 3.05) is 7.11 Å². The average molecular weight is 380 g/mol. The number of halogens is 4. The Morgan fingerprint density at radius 2 is 1.90 bits per heavy atom. The van der Waals surface area contributed by atoms with Gasteiger partial charge in [0.1, 0.15) is 16.2 Å². The number of carbonyl (C=O) groups is 1. The molecule has 3 nitrogen and oxygen atoms in total. The number of aromatic nitrogens is 1. The third-order valence-corrected chi connectivity index (χ3v) is 4.44. The lowest BCUT2D eigenvalue weighted by Gasteiger charge is -2.10. The summed E-state index contributed by atoms with van der Waals surface area (Å²) in [6, 6.07) is 1.94. The van der Waals surface area contributed by atoms with Crippen LogP contribution in [-0.2, 0) is 4.74 Å². The van der Waals surface area contributed by atoms with Crippen LogP contribution >= 0.6 is 28.3 Å². The van der Waals surface area contributed by atoms with Crippen molar-refractivity contribution in [3.63, 3.8) is 0 Å². The minimum absolute atomic E-state index is 0.0162. The van der Waals surface area contributed by atoms with Crippen LogP contribution in [0.15, 0.2) is 22.9 Å². The number of hydrogen-bond donors (Lipinski definition) is 0. The van der Waals surface area contributed by atoms with Gasteiger partial charge >= 0.3 is 5.97 Å². The molecule has 0 unspecified atom stereocenters. The van der Waals surface area contributed by atoms with E-state index in [0.717, 1.165) is 29.4 Å². The number of ether oxygens (including phenoxy) is 1. The summed E-state index contributed by atoms with van der Waals surface area (Å²) in [5, 5.41) is 0. The molecule has 0 atom stereocenters. The molecule has 0 aliphatic rings. The van der Waals surface area contributed by atoms with E-state index in [0.29, 0.717) is 0 Å². The standard InChI is InChI=1S/C13H9BrF3NO2S/c1-6-8(15)3-4-9(16)10(6)11-7(13(19)20-2)5-18(21-17)12(11)14/h3-5H,1-2H3. The van der Waals surface area contributed by atoms with Crippen LogP contribution in [0.4, 0.5) is 12.7 Å². The van der Waals surface area contributed by atoms with Gasteiger partial charge in [-0.1, -0.05) is 0 Å². The van der Waals surface area contributed by atoms with Gasteiger partial charge in [0, 0.05) is 17.3 Å². The molecule has 2 rings (SSSR count). The van der Waals surface area contributed by atoms with Gasteiger partial charge in [0.2, 0.25) is 0 Å². The number of esters is 1. The lowest BCUT2D eigenvalue weighted by Crippen LogP contribution is -2.03. The molecule has 2 aromatic rings. The number of methoxy groups -OCH3 is 1. The summed E-state index contributed by atoms with van der Waals surface area (Å²) < 4.78 is 46.4. The molecule has 1 aromatic heterocycles. The minimum atomic E-state index is -0.776. The molecule has 0 saturated carbocycles. The largest absolute Gasteiger partial charge is 0.465 e. The lowest BCUT2D eigenvalue weighted by atomic mass is 9.98. The Morgan fingerprint density at radius 1 is 1.29 bits per heavy atom. The van der Waals surface area contributed by atoms with Crippen LogP contribution < -0.4 is 0 Å². The molecule has 0 amide bonds. The highest BCUT2D eigenvalue weighted by Gasteiger charge is 2.26. The van der Waals surface area contributed by atoms with Crippen LogP contribution in [0.1, 0.15) is 15.9 Å². The molecule has 0 saturated heterocycles. The molecule has 0 N–H and O–H groups in total. The first-order valence-corrected chi connectivity index (χ1v) is 7.12. The summed E-state index contributed by atoms with van der Waals surface area (Å²) in [6.45, 7) is 1.38. The Morgan fingerprint density at radius 3 is 2.48 bits per heavy atom. The van der Waals surface area contributed by atoms with Gasteiger partial charge in [0.05, 0.1) is 12.7 Å². The van der Waals surface area contributed by atoms with Gasteiger partial charge in [-0.25, -0.2) is 13.6 Å². The van der Waals surface area contributed by atoms with Gasteiger partial charge in [0.15, 0.2) is 12.3 Å². The van der Waals surface area contributed by atoms with E-state index in [-0.39, 0.29) is 39.2 Å². The van der Waals surface area contributed by atoms with Gasteiger partial charge in [-0.05, 0) is 40.5 Å². The van der Waals surface area contributed by atoms with Crippen LogP contribution in [0.5, 0.6) is 0 Å². The third-order valence-electron chi connectivity index (χ3n) is 2.99. The topological polar surface area (TPSA) is 31.2 Å². The van der Waals surface area contributed by atoms with Crippen LogP contribution in [0.3, 0.4) is 0 Å². The fourth-order valence-corrected chi connectivity index (χ4v) is 2.95. The second-order valence-electron chi connectivity index (χ2n) is 4.12. The minimum Gasteiger partial charge on any atom is -0.465 e. The highest BCUT2D eigenvalue weighted by molar-refractivity contribution is 9.10. The summed E-state index contributed by atoms with van der Waals surface area (Å²) in [6.07, 6.45) is 1.15. The maximum Gasteiger partial charge on any atom is 0.340 e. The second kappa shape index (κ2) is 6.15.